The number of aromatic nitrogens is 2. The Morgan fingerprint density at radius 1 is 1.36 bits per heavy atom. The molecule has 0 aliphatic heterocycles. The van der Waals surface area contributed by atoms with Crippen molar-refractivity contribution in [2.24, 2.45) is 16.8 Å². The van der Waals surface area contributed by atoms with Crippen LogP contribution in [0.15, 0.2) is 47.3 Å². The van der Waals surface area contributed by atoms with Gasteiger partial charge in [-0.1, -0.05) is 39.7 Å². The van der Waals surface area contributed by atoms with E-state index < -0.39 is 28.4 Å². The van der Waals surface area contributed by atoms with E-state index in [1.54, 1.807) is 6.07 Å². The number of hydrogen-bond acceptors (Lipinski definition) is 10. The largest absolute Gasteiger partial charge is 0.393 e. The van der Waals surface area contributed by atoms with Gasteiger partial charge in [0.2, 0.25) is 5.78 Å². The predicted octanol–water partition coefficient (Wildman–Crippen LogP) is 3.00. The van der Waals surface area contributed by atoms with Gasteiger partial charge in [0.05, 0.1) is 33.5 Å². The van der Waals surface area contributed by atoms with Crippen molar-refractivity contribution in [2.45, 2.75) is 31.0 Å². The van der Waals surface area contributed by atoms with Crippen LogP contribution in [0.5, 0.6) is 0 Å². The summed E-state index contributed by atoms with van der Waals surface area (Å²) in [5.41, 5.74) is 8.13. The molecule has 3 aromatic rings. The Bertz CT molecular complexity index is 1370. The minimum Gasteiger partial charge on any atom is -0.393 e. The van der Waals surface area contributed by atoms with Crippen LogP contribution in [-0.2, 0) is 14.5 Å². The molecule has 192 valence electrons. The molecule has 1 aliphatic carbocycles. The summed E-state index contributed by atoms with van der Waals surface area (Å²) < 4.78 is 28.1. The fraction of sp³-hybridized carbons (Fsp3) is 0.318. The van der Waals surface area contributed by atoms with Gasteiger partial charge in [0.15, 0.2) is 0 Å². The minimum absolute atomic E-state index is 0.233. The van der Waals surface area contributed by atoms with Gasteiger partial charge in [-0.15, -0.1) is 11.3 Å². The first-order valence-corrected chi connectivity index (χ1v) is 14.2. The standard InChI is InChI=1S/C22H23BrClN5O5S2/c23-13-3-1-2-11(4-13)19(25)15-7-18(35-21(15)24)20(31)16-8-27-10-28-22(16)29-14-5-12(17(30)6-14)9-34-36(26,32)33/h1-4,7-8,10,12,14,17,19,30H,5-6,9,25H2,(H2,26,32,33)(H,27,28,29)/t12-,14-,17+,19+/m1/s1. The number of nitrogens with zero attached hydrogens (tertiary/aromatic N) is 2. The number of carbonyl (C=O) groups excluding carboxylic acids is 1. The predicted molar refractivity (Wildman–Crippen MR) is 140 cm³/mol. The van der Waals surface area contributed by atoms with Crippen molar-refractivity contribution in [3.63, 3.8) is 0 Å². The van der Waals surface area contributed by atoms with E-state index in [9.17, 15) is 18.3 Å². The Hall–Kier alpha value is -1.97. The van der Waals surface area contributed by atoms with Crippen molar-refractivity contribution < 1.29 is 22.5 Å². The maximum Gasteiger partial charge on any atom is 0.333 e. The molecule has 4 rings (SSSR count). The third-order valence-electron chi connectivity index (χ3n) is 5.88. The Morgan fingerprint density at radius 3 is 2.86 bits per heavy atom. The number of halogens is 2. The minimum atomic E-state index is -4.11. The Morgan fingerprint density at radius 2 is 2.14 bits per heavy atom. The molecule has 0 bridgehead atoms. The van der Waals surface area contributed by atoms with Crippen LogP contribution in [0, 0.1) is 5.92 Å². The zero-order chi connectivity index (χ0) is 26.0. The third-order valence-corrected chi connectivity index (χ3v) is 8.23. The summed E-state index contributed by atoms with van der Waals surface area (Å²) in [4.78, 5) is 22.0. The van der Waals surface area contributed by atoms with Crippen LogP contribution in [0.1, 0.15) is 45.2 Å². The Labute approximate surface area is 225 Å². The second-order valence-electron chi connectivity index (χ2n) is 8.40. The van der Waals surface area contributed by atoms with Gasteiger partial charge in [0.25, 0.3) is 0 Å². The lowest BCUT2D eigenvalue weighted by Crippen LogP contribution is -2.24. The van der Waals surface area contributed by atoms with E-state index in [-0.39, 0.29) is 24.0 Å². The number of aliphatic hydroxyl groups excluding tert-OH is 1. The van der Waals surface area contributed by atoms with Gasteiger partial charge in [-0.2, -0.15) is 8.42 Å². The molecule has 2 heterocycles. The summed E-state index contributed by atoms with van der Waals surface area (Å²) in [6, 6.07) is 8.42. The molecule has 2 aromatic heterocycles. The van der Waals surface area contributed by atoms with E-state index in [4.69, 9.17) is 22.5 Å². The number of hydrogen-bond donors (Lipinski definition) is 4. The fourth-order valence-corrected chi connectivity index (χ4v) is 6.19. The normalized spacial score (nSPS) is 20.9. The number of thiophene rings is 1. The van der Waals surface area contributed by atoms with E-state index >= 15 is 0 Å². The highest BCUT2D eigenvalue weighted by Crippen LogP contribution is 2.36. The van der Waals surface area contributed by atoms with Crippen LogP contribution >= 0.6 is 38.9 Å². The van der Waals surface area contributed by atoms with Crippen LogP contribution in [0.25, 0.3) is 0 Å². The van der Waals surface area contributed by atoms with E-state index in [0.717, 1.165) is 21.4 Å². The van der Waals surface area contributed by atoms with E-state index in [1.165, 1.54) is 12.5 Å². The summed E-state index contributed by atoms with van der Waals surface area (Å²) in [5, 5.41) is 18.3. The van der Waals surface area contributed by atoms with Gasteiger partial charge in [-0.05, 0) is 36.6 Å². The molecule has 0 unspecified atom stereocenters. The quantitative estimate of drug-likeness (QED) is 0.264. The number of rotatable bonds is 9. The summed E-state index contributed by atoms with van der Waals surface area (Å²) in [5.74, 6) is -0.479. The lowest BCUT2D eigenvalue weighted by atomic mass is 10.0. The molecule has 10 nitrogen and oxygen atoms in total. The number of nitrogens with two attached hydrogens (primary N) is 2. The van der Waals surface area contributed by atoms with Gasteiger partial charge in [0, 0.05) is 28.2 Å². The highest BCUT2D eigenvalue weighted by Gasteiger charge is 2.35. The molecule has 4 atom stereocenters. The summed E-state index contributed by atoms with van der Waals surface area (Å²) in [6.45, 7) is -0.234. The van der Waals surface area contributed by atoms with Crippen LogP contribution in [0.3, 0.4) is 0 Å². The van der Waals surface area contributed by atoms with Crippen molar-refractivity contribution >= 4 is 60.8 Å². The topological polar surface area (TPSA) is 171 Å². The molecule has 0 amide bonds. The average molecular weight is 617 g/mol. The van der Waals surface area contributed by atoms with Gasteiger partial charge in [-0.25, -0.2) is 15.1 Å². The van der Waals surface area contributed by atoms with Crippen molar-refractivity contribution in [3.8, 4) is 0 Å². The van der Waals surface area contributed by atoms with Gasteiger partial charge >= 0.3 is 10.3 Å². The molecule has 0 spiro atoms. The van der Waals surface area contributed by atoms with E-state index in [0.29, 0.717) is 33.4 Å². The molecular formula is C22H23BrClN5O5S2. The van der Waals surface area contributed by atoms with Crippen molar-refractivity contribution in [1.29, 1.82) is 0 Å². The van der Waals surface area contributed by atoms with Crippen LogP contribution in [0.2, 0.25) is 4.34 Å². The number of nitrogens with one attached hydrogen (secondary N) is 1. The smallest absolute Gasteiger partial charge is 0.333 e. The van der Waals surface area contributed by atoms with Crippen LogP contribution in [0.4, 0.5) is 5.82 Å². The number of benzene rings is 1. The molecule has 36 heavy (non-hydrogen) atoms. The Kier molecular flexibility index (Phi) is 8.42. The maximum atomic E-state index is 13.4. The molecule has 1 fully saturated rings. The van der Waals surface area contributed by atoms with Gasteiger partial charge < -0.3 is 16.2 Å². The molecule has 6 N–H and O–H groups in total. The lowest BCUT2D eigenvalue weighted by Gasteiger charge is -2.15. The second-order valence-corrected chi connectivity index (χ2v) is 12.2. The van der Waals surface area contributed by atoms with Gasteiger partial charge in [-0.3, -0.25) is 8.98 Å². The van der Waals surface area contributed by atoms with Crippen molar-refractivity contribution in [3.05, 3.63) is 73.2 Å². The molecule has 1 aliphatic rings. The number of ketones is 1. The molecule has 1 aromatic carbocycles. The zero-order valence-electron chi connectivity index (χ0n) is 18.7. The maximum absolute atomic E-state index is 13.4. The number of carbonyl (C=O) groups is 1. The molecule has 14 heteroatoms. The SMILES string of the molecule is N[C@@H](c1cccc(Br)c1)c1cc(C(=O)c2cncnc2N[C@@H]2C[C@H](COS(N)(=O)=O)[C@@H](O)C2)sc1Cl. The first-order chi connectivity index (χ1) is 17.0. The summed E-state index contributed by atoms with van der Waals surface area (Å²) in [7, 11) is -4.11. The summed E-state index contributed by atoms with van der Waals surface area (Å²) >= 11 is 11.0. The molecule has 1 saturated carbocycles. The highest BCUT2D eigenvalue weighted by atomic mass is 79.9. The monoisotopic (exact) mass is 615 g/mol. The fourth-order valence-electron chi connectivity index (χ4n) is 4.11. The lowest BCUT2D eigenvalue weighted by molar-refractivity contribution is 0.101. The summed E-state index contributed by atoms with van der Waals surface area (Å²) in [6.07, 6.45) is 2.62. The van der Waals surface area contributed by atoms with Crippen molar-refractivity contribution in [2.75, 3.05) is 11.9 Å². The molecular weight excluding hydrogens is 594 g/mol. The zero-order valence-corrected chi connectivity index (χ0v) is 22.6. The second kappa shape index (κ2) is 11.2. The average Bonchev–Trinajstić information content (AvgIpc) is 3.38. The van der Waals surface area contributed by atoms with Crippen LogP contribution in [-0.4, -0.2) is 48.0 Å². The first kappa shape index (κ1) is 27.1. The van der Waals surface area contributed by atoms with Crippen LogP contribution < -0.4 is 16.2 Å². The number of anilines is 1. The van der Waals surface area contributed by atoms with Crippen molar-refractivity contribution in [1.82, 2.24) is 9.97 Å². The highest BCUT2D eigenvalue weighted by molar-refractivity contribution is 9.10. The number of aliphatic hydroxyl groups is 1. The Balaban J connectivity index is 1.51. The van der Waals surface area contributed by atoms with Gasteiger partial charge in [0.1, 0.15) is 12.1 Å². The van der Waals surface area contributed by atoms with E-state index in [2.05, 4.69) is 35.4 Å². The third kappa shape index (κ3) is 6.47. The molecule has 0 saturated heterocycles. The molecule has 0 radical (unpaired) electrons. The van der Waals surface area contributed by atoms with E-state index in [1.807, 2.05) is 24.3 Å². The first-order valence-electron chi connectivity index (χ1n) is 10.8.